The molecule has 0 amide bonds. The maximum atomic E-state index is 4.92. The van der Waals surface area contributed by atoms with E-state index in [4.69, 9.17) is 9.97 Å². The minimum absolute atomic E-state index is 0. The van der Waals surface area contributed by atoms with Crippen molar-refractivity contribution in [1.29, 1.82) is 0 Å². The van der Waals surface area contributed by atoms with Crippen molar-refractivity contribution in [2.45, 2.75) is 32.7 Å². The normalized spacial score (nSPS) is 15.6. The molecule has 1 saturated heterocycles. The summed E-state index contributed by atoms with van der Waals surface area (Å²) in [5.74, 6) is 1.51. The quantitative estimate of drug-likeness (QED) is 0.456. The number of anilines is 1. The molecule has 7 nitrogen and oxygen atoms in total. The largest absolute Gasteiger partial charge is 0.366 e. The minimum atomic E-state index is 0. The highest BCUT2D eigenvalue weighted by Crippen LogP contribution is 2.28. The molecule has 5 rings (SSSR count). The molecule has 5 heterocycles. The Morgan fingerprint density at radius 3 is 2.59 bits per heavy atom. The lowest BCUT2D eigenvalue weighted by molar-refractivity contribution is 0.479. The molecule has 0 radical (unpaired) electrons. The van der Waals surface area contributed by atoms with Gasteiger partial charge < -0.3 is 10.6 Å². The topological polar surface area (TPSA) is 80.0 Å². The molecular weight excluding hydrogens is 445 g/mol. The standard InChI is InChI=1S/C23H25N7.2ClH/c1-15-10-17(11-16(2)26-15)20-12-22(27-18-6-5-8-24-13-18)29-23(28-20)19-14-25-30-9-4-3-7-21(19)30;;/h3-4,7,9-12,14,18,24H,5-6,8,13H2,1-2H3,(H,27,28,29);2*1H/t18-;;/m1../s1. The summed E-state index contributed by atoms with van der Waals surface area (Å²) in [5, 5.41) is 11.5. The fourth-order valence-corrected chi connectivity index (χ4v) is 4.06. The van der Waals surface area contributed by atoms with E-state index in [1.807, 2.05) is 55.0 Å². The van der Waals surface area contributed by atoms with Crippen LogP contribution in [0.5, 0.6) is 0 Å². The monoisotopic (exact) mass is 471 g/mol. The third-order valence-corrected chi connectivity index (χ3v) is 5.42. The average molecular weight is 472 g/mol. The van der Waals surface area contributed by atoms with Gasteiger partial charge in [-0.1, -0.05) is 6.07 Å². The van der Waals surface area contributed by atoms with E-state index in [9.17, 15) is 0 Å². The summed E-state index contributed by atoms with van der Waals surface area (Å²) in [6.07, 6.45) is 6.07. The van der Waals surface area contributed by atoms with Crippen molar-refractivity contribution in [3.63, 3.8) is 0 Å². The second kappa shape index (κ2) is 10.3. The van der Waals surface area contributed by atoms with Gasteiger partial charge >= 0.3 is 0 Å². The molecule has 168 valence electrons. The molecule has 0 unspecified atom stereocenters. The highest BCUT2D eigenvalue weighted by molar-refractivity contribution is 5.85. The highest BCUT2D eigenvalue weighted by Gasteiger charge is 2.17. The van der Waals surface area contributed by atoms with Crippen LogP contribution in [-0.2, 0) is 0 Å². The maximum Gasteiger partial charge on any atom is 0.165 e. The predicted octanol–water partition coefficient (Wildman–Crippen LogP) is 4.48. The molecule has 9 heteroatoms. The van der Waals surface area contributed by atoms with Gasteiger partial charge in [-0.25, -0.2) is 14.5 Å². The number of rotatable bonds is 4. The van der Waals surface area contributed by atoms with Gasteiger partial charge in [0.05, 0.1) is 23.0 Å². The minimum Gasteiger partial charge on any atom is -0.366 e. The summed E-state index contributed by atoms with van der Waals surface area (Å²) in [4.78, 5) is 14.3. The first kappa shape index (κ1) is 23.9. The Labute approximate surface area is 199 Å². The van der Waals surface area contributed by atoms with Crippen LogP contribution in [0.1, 0.15) is 24.2 Å². The maximum absolute atomic E-state index is 4.92. The Kier molecular flexibility index (Phi) is 7.66. The molecule has 4 aromatic heterocycles. The second-order valence-corrected chi connectivity index (χ2v) is 7.88. The number of nitrogens with zero attached hydrogens (tertiary/aromatic N) is 5. The zero-order valence-corrected chi connectivity index (χ0v) is 19.7. The van der Waals surface area contributed by atoms with E-state index in [0.29, 0.717) is 11.9 Å². The number of aryl methyl sites for hydroxylation is 2. The third kappa shape index (κ3) is 5.01. The van der Waals surface area contributed by atoms with Gasteiger partial charge in [0.1, 0.15) is 5.82 Å². The molecule has 0 bridgehead atoms. The van der Waals surface area contributed by atoms with Crippen LogP contribution < -0.4 is 10.6 Å². The van der Waals surface area contributed by atoms with Gasteiger partial charge in [0, 0.05) is 41.8 Å². The predicted molar refractivity (Wildman–Crippen MR) is 133 cm³/mol. The number of nitrogens with one attached hydrogen (secondary N) is 2. The summed E-state index contributed by atoms with van der Waals surface area (Å²) in [6.45, 7) is 6.04. The van der Waals surface area contributed by atoms with Gasteiger partial charge in [-0.3, -0.25) is 4.98 Å². The lowest BCUT2D eigenvalue weighted by Crippen LogP contribution is -2.38. The molecule has 0 saturated carbocycles. The number of aromatic nitrogens is 5. The first-order chi connectivity index (χ1) is 14.7. The Hall–Kier alpha value is -2.74. The molecule has 0 aromatic carbocycles. The molecule has 0 spiro atoms. The second-order valence-electron chi connectivity index (χ2n) is 7.88. The fourth-order valence-electron chi connectivity index (χ4n) is 4.06. The molecule has 0 aliphatic carbocycles. The number of piperidine rings is 1. The van der Waals surface area contributed by atoms with Crippen LogP contribution in [0, 0.1) is 13.8 Å². The number of fused-ring (bicyclic) bond motifs is 1. The van der Waals surface area contributed by atoms with Crippen LogP contribution >= 0.6 is 24.8 Å². The van der Waals surface area contributed by atoms with E-state index in [0.717, 1.165) is 59.1 Å². The average Bonchev–Trinajstić information content (AvgIpc) is 3.18. The van der Waals surface area contributed by atoms with Gasteiger partial charge in [0.2, 0.25) is 0 Å². The Morgan fingerprint density at radius 2 is 1.84 bits per heavy atom. The lowest BCUT2D eigenvalue weighted by atomic mass is 10.1. The van der Waals surface area contributed by atoms with Crippen molar-refractivity contribution < 1.29 is 0 Å². The van der Waals surface area contributed by atoms with Crippen molar-refractivity contribution in [2.24, 2.45) is 0 Å². The van der Waals surface area contributed by atoms with E-state index >= 15 is 0 Å². The summed E-state index contributed by atoms with van der Waals surface area (Å²) in [5.41, 5.74) is 5.80. The Bertz CT molecular complexity index is 1180. The molecule has 32 heavy (non-hydrogen) atoms. The zero-order chi connectivity index (χ0) is 20.5. The molecule has 1 atom stereocenters. The van der Waals surface area contributed by atoms with E-state index < -0.39 is 0 Å². The summed E-state index contributed by atoms with van der Waals surface area (Å²) >= 11 is 0. The van der Waals surface area contributed by atoms with Gasteiger partial charge in [0.25, 0.3) is 0 Å². The molecule has 1 fully saturated rings. The van der Waals surface area contributed by atoms with Crippen LogP contribution in [0.4, 0.5) is 5.82 Å². The lowest BCUT2D eigenvalue weighted by Gasteiger charge is -2.24. The number of hydrogen-bond acceptors (Lipinski definition) is 6. The number of pyridine rings is 2. The highest BCUT2D eigenvalue weighted by atomic mass is 35.5. The van der Waals surface area contributed by atoms with Crippen LogP contribution in [0.15, 0.2) is 48.8 Å². The summed E-state index contributed by atoms with van der Waals surface area (Å²) in [7, 11) is 0. The molecule has 1 aliphatic rings. The first-order valence-electron chi connectivity index (χ1n) is 10.4. The van der Waals surface area contributed by atoms with Gasteiger partial charge in [0.15, 0.2) is 5.82 Å². The van der Waals surface area contributed by atoms with Crippen molar-refractivity contribution >= 4 is 36.1 Å². The van der Waals surface area contributed by atoms with Crippen molar-refractivity contribution in [3.05, 3.63) is 60.2 Å². The van der Waals surface area contributed by atoms with Crippen LogP contribution in [0.25, 0.3) is 28.2 Å². The van der Waals surface area contributed by atoms with E-state index in [1.54, 1.807) is 0 Å². The SMILES string of the molecule is Cc1cc(-c2cc(N[C@@H]3CCCNC3)nc(-c3cnn4ccccc34)n2)cc(C)n1.Cl.Cl. The van der Waals surface area contributed by atoms with Crippen LogP contribution in [-0.4, -0.2) is 43.7 Å². The Balaban J connectivity index is 0.00000144. The van der Waals surface area contributed by atoms with Crippen molar-refractivity contribution in [3.8, 4) is 22.6 Å². The van der Waals surface area contributed by atoms with Crippen LogP contribution in [0.3, 0.4) is 0 Å². The van der Waals surface area contributed by atoms with Gasteiger partial charge in [-0.15, -0.1) is 24.8 Å². The van der Waals surface area contributed by atoms with Crippen molar-refractivity contribution in [2.75, 3.05) is 18.4 Å². The third-order valence-electron chi connectivity index (χ3n) is 5.42. The fraction of sp³-hybridized carbons (Fsp3) is 0.304. The Morgan fingerprint density at radius 1 is 1.03 bits per heavy atom. The van der Waals surface area contributed by atoms with Gasteiger partial charge in [-0.05, 0) is 57.5 Å². The molecular formula is C23H27Cl2N7. The molecule has 4 aromatic rings. The first-order valence-corrected chi connectivity index (χ1v) is 10.4. The molecule has 1 aliphatic heterocycles. The van der Waals surface area contributed by atoms with Crippen LogP contribution in [0.2, 0.25) is 0 Å². The van der Waals surface area contributed by atoms with E-state index in [-0.39, 0.29) is 24.8 Å². The zero-order valence-electron chi connectivity index (χ0n) is 18.1. The smallest absolute Gasteiger partial charge is 0.165 e. The van der Waals surface area contributed by atoms with Crippen molar-refractivity contribution in [1.82, 2.24) is 29.9 Å². The molecule has 2 N–H and O–H groups in total. The number of hydrogen-bond donors (Lipinski definition) is 2. The number of halogens is 2. The van der Waals surface area contributed by atoms with E-state index in [2.05, 4.69) is 32.8 Å². The van der Waals surface area contributed by atoms with Gasteiger partial charge in [-0.2, -0.15) is 5.10 Å². The summed E-state index contributed by atoms with van der Waals surface area (Å²) < 4.78 is 1.85. The van der Waals surface area contributed by atoms with E-state index in [1.165, 1.54) is 6.42 Å². The summed E-state index contributed by atoms with van der Waals surface area (Å²) in [6, 6.07) is 12.6.